The van der Waals surface area contributed by atoms with Gasteiger partial charge in [-0.25, -0.2) is 9.67 Å². The molecule has 1 amide bonds. The number of hydrogen-bond donors (Lipinski definition) is 0. The van der Waals surface area contributed by atoms with Gasteiger partial charge >= 0.3 is 0 Å². The van der Waals surface area contributed by atoms with Gasteiger partial charge in [0.2, 0.25) is 5.91 Å². The Bertz CT molecular complexity index is 650. The maximum atomic E-state index is 12.4. The third-order valence-corrected chi connectivity index (χ3v) is 4.47. The van der Waals surface area contributed by atoms with E-state index in [1.807, 2.05) is 24.1 Å². The van der Waals surface area contributed by atoms with E-state index in [4.69, 9.17) is 4.74 Å². The van der Waals surface area contributed by atoms with Crippen molar-refractivity contribution in [2.45, 2.75) is 13.0 Å². The molecule has 7 nitrogen and oxygen atoms in total. The number of rotatable bonds is 5. The zero-order valence-corrected chi connectivity index (χ0v) is 14.1. The topological polar surface area (TPSA) is 63.5 Å². The molecule has 24 heavy (non-hydrogen) atoms. The minimum atomic E-state index is 0.153. The van der Waals surface area contributed by atoms with E-state index in [9.17, 15) is 4.79 Å². The standard InChI is InChI=1S/C17H23N5O2/c1-14(20(2)11-17(23)21-7-9-24-10-8-21)15-3-5-16(6-4-15)22-13-18-12-19-22/h3-6,12-14H,7-11H2,1-2H3. The summed E-state index contributed by atoms with van der Waals surface area (Å²) in [7, 11) is 1.98. The van der Waals surface area contributed by atoms with Gasteiger partial charge in [-0.05, 0) is 31.7 Å². The predicted octanol–water partition coefficient (Wildman–Crippen LogP) is 1.12. The van der Waals surface area contributed by atoms with Crippen LogP contribution in [0.25, 0.3) is 5.69 Å². The number of carbonyl (C=O) groups excluding carboxylic acids is 1. The van der Waals surface area contributed by atoms with Crippen molar-refractivity contribution in [2.75, 3.05) is 39.9 Å². The molecule has 1 aliphatic heterocycles. The van der Waals surface area contributed by atoms with Crippen molar-refractivity contribution in [3.63, 3.8) is 0 Å². The Labute approximate surface area is 141 Å². The zero-order valence-electron chi connectivity index (χ0n) is 14.1. The van der Waals surface area contributed by atoms with Gasteiger partial charge in [0.1, 0.15) is 12.7 Å². The van der Waals surface area contributed by atoms with Gasteiger partial charge in [-0.3, -0.25) is 9.69 Å². The molecular formula is C17H23N5O2. The molecule has 0 saturated carbocycles. The summed E-state index contributed by atoms with van der Waals surface area (Å²) < 4.78 is 7.02. The summed E-state index contributed by atoms with van der Waals surface area (Å²) in [6.45, 7) is 5.16. The molecule has 128 valence electrons. The van der Waals surface area contributed by atoms with Crippen LogP contribution in [-0.2, 0) is 9.53 Å². The number of amides is 1. The summed E-state index contributed by atoms with van der Waals surface area (Å²) >= 11 is 0. The van der Waals surface area contributed by atoms with E-state index in [1.54, 1.807) is 11.0 Å². The highest BCUT2D eigenvalue weighted by atomic mass is 16.5. The largest absolute Gasteiger partial charge is 0.378 e. The van der Waals surface area contributed by atoms with Crippen molar-refractivity contribution in [3.05, 3.63) is 42.5 Å². The van der Waals surface area contributed by atoms with E-state index >= 15 is 0 Å². The van der Waals surface area contributed by atoms with Crippen molar-refractivity contribution in [3.8, 4) is 5.69 Å². The number of carbonyl (C=O) groups is 1. The molecule has 1 unspecified atom stereocenters. The highest BCUT2D eigenvalue weighted by Crippen LogP contribution is 2.20. The average Bonchev–Trinajstić information content (AvgIpc) is 3.16. The predicted molar refractivity (Wildman–Crippen MR) is 89.8 cm³/mol. The Morgan fingerprint density at radius 1 is 1.29 bits per heavy atom. The fourth-order valence-corrected chi connectivity index (χ4v) is 2.76. The van der Waals surface area contributed by atoms with Crippen LogP contribution in [0, 0.1) is 0 Å². The van der Waals surface area contributed by atoms with Crippen molar-refractivity contribution >= 4 is 5.91 Å². The lowest BCUT2D eigenvalue weighted by atomic mass is 10.1. The SMILES string of the molecule is CC(c1ccc(-n2cncn2)cc1)N(C)CC(=O)N1CCOCC1. The molecule has 0 N–H and O–H groups in total. The number of ether oxygens (including phenoxy) is 1. The quantitative estimate of drug-likeness (QED) is 0.822. The van der Waals surface area contributed by atoms with Crippen LogP contribution in [0.4, 0.5) is 0 Å². The molecule has 3 rings (SSSR count). The number of nitrogens with zero attached hydrogens (tertiary/aromatic N) is 5. The summed E-state index contributed by atoms with van der Waals surface area (Å²) in [5, 5.41) is 4.12. The molecule has 2 aromatic rings. The average molecular weight is 329 g/mol. The first kappa shape index (κ1) is 16.6. The fourth-order valence-electron chi connectivity index (χ4n) is 2.76. The van der Waals surface area contributed by atoms with Crippen LogP contribution in [-0.4, -0.2) is 70.4 Å². The molecule has 0 spiro atoms. The van der Waals surface area contributed by atoms with Crippen molar-refractivity contribution in [2.24, 2.45) is 0 Å². The minimum absolute atomic E-state index is 0.153. The van der Waals surface area contributed by atoms with Crippen LogP contribution in [0.15, 0.2) is 36.9 Å². The van der Waals surface area contributed by atoms with Gasteiger partial charge in [-0.2, -0.15) is 5.10 Å². The van der Waals surface area contributed by atoms with E-state index in [0.717, 1.165) is 11.3 Å². The van der Waals surface area contributed by atoms with E-state index in [2.05, 4.69) is 34.0 Å². The van der Waals surface area contributed by atoms with E-state index in [-0.39, 0.29) is 11.9 Å². The minimum Gasteiger partial charge on any atom is -0.378 e. The maximum Gasteiger partial charge on any atom is 0.236 e. The van der Waals surface area contributed by atoms with Gasteiger partial charge in [0.05, 0.1) is 25.4 Å². The molecule has 1 atom stereocenters. The molecule has 0 bridgehead atoms. The van der Waals surface area contributed by atoms with Crippen LogP contribution in [0.1, 0.15) is 18.5 Å². The summed E-state index contributed by atoms with van der Waals surface area (Å²) in [4.78, 5) is 20.3. The molecule has 0 aliphatic carbocycles. The number of likely N-dealkylation sites (N-methyl/N-ethyl adjacent to an activating group) is 1. The highest BCUT2D eigenvalue weighted by molar-refractivity contribution is 5.78. The molecule has 1 aromatic heterocycles. The van der Waals surface area contributed by atoms with E-state index < -0.39 is 0 Å². The number of aromatic nitrogens is 3. The van der Waals surface area contributed by atoms with Gasteiger partial charge in [0.25, 0.3) is 0 Å². The third-order valence-electron chi connectivity index (χ3n) is 4.47. The molecule has 2 heterocycles. The summed E-state index contributed by atoms with van der Waals surface area (Å²) in [5.74, 6) is 0.159. The maximum absolute atomic E-state index is 12.4. The first-order chi connectivity index (χ1) is 11.6. The monoisotopic (exact) mass is 329 g/mol. The lowest BCUT2D eigenvalue weighted by Gasteiger charge is -2.31. The Morgan fingerprint density at radius 2 is 2.00 bits per heavy atom. The number of benzene rings is 1. The third kappa shape index (κ3) is 3.80. The first-order valence-electron chi connectivity index (χ1n) is 8.16. The van der Waals surface area contributed by atoms with Gasteiger partial charge < -0.3 is 9.64 Å². The van der Waals surface area contributed by atoms with Crippen molar-refractivity contribution < 1.29 is 9.53 Å². The number of morpholine rings is 1. The molecule has 1 fully saturated rings. The Morgan fingerprint density at radius 3 is 2.62 bits per heavy atom. The van der Waals surface area contributed by atoms with Crippen LogP contribution in [0.5, 0.6) is 0 Å². The van der Waals surface area contributed by atoms with Crippen molar-refractivity contribution in [1.82, 2.24) is 24.6 Å². The summed E-state index contributed by atoms with van der Waals surface area (Å²) in [5.41, 5.74) is 2.13. The Balaban J connectivity index is 1.60. The van der Waals surface area contributed by atoms with Gasteiger partial charge in [-0.1, -0.05) is 12.1 Å². The van der Waals surface area contributed by atoms with Gasteiger partial charge in [0.15, 0.2) is 0 Å². The summed E-state index contributed by atoms with van der Waals surface area (Å²) in [6.07, 6.45) is 3.19. The van der Waals surface area contributed by atoms with Crippen LogP contribution in [0.3, 0.4) is 0 Å². The molecule has 1 aliphatic rings. The lowest BCUT2D eigenvalue weighted by molar-refractivity contribution is -0.136. The smallest absolute Gasteiger partial charge is 0.236 e. The van der Waals surface area contributed by atoms with Crippen LogP contribution in [0.2, 0.25) is 0 Å². The van der Waals surface area contributed by atoms with Gasteiger partial charge in [0, 0.05) is 19.1 Å². The summed E-state index contributed by atoms with van der Waals surface area (Å²) in [6, 6.07) is 8.31. The lowest BCUT2D eigenvalue weighted by Crippen LogP contribution is -2.45. The fraction of sp³-hybridized carbons (Fsp3) is 0.471. The molecule has 1 saturated heterocycles. The van der Waals surface area contributed by atoms with E-state index in [1.165, 1.54) is 6.33 Å². The molecule has 0 radical (unpaired) electrons. The zero-order chi connectivity index (χ0) is 16.9. The number of hydrogen-bond acceptors (Lipinski definition) is 5. The van der Waals surface area contributed by atoms with Crippen LogP contribution >= 0.6 is 0 Å². The first-order valence-corrected chi connectivity index (χ1v) is 8.16. The van der Waals surface area contributed by atoms with Gasteiger partial charge in [-0.15, -0.1) is 0 Å². The Hall–Kier alpha value is -2.25. The van der Waals surface area contributed by atoms with Crippen molar-refractivity contribution in [1.29, 1.82) is 0 Å². The molecule has 7 heteroatoms. The molecular weight excluding hydrogens is 306 g/mol. The molecule has 1 aromatic carbocycles. The van der Waals surface area contributed by atoms with E-state index in [0.29, 0.717) is 32.8 Å². The second kappa shape index (κ2) is 7.55. The second-order valence-electron chi connectivity index (χ2n) is 6.02. The van der Waals surface area contributed by atoms with Crippen LogP contribution < -0.4 is 0 Å². The Kier molecular flexibility index (Phi) is 5.22. The normalized spacial score (nSPS) is 16.4. The second-order valence-corrected chi connectivity index (χ2v) is 6.02. The highest BCUT2D eigenvalue weighted by Gasteiger charge is 2.21.